The van der Waals surface area contributed by atoms with Crippen molar-refractivity contribution in [2.45, 2.75) is 92.4 Å². The highest BCUT2D eigenvalue weighted by Gasteiger charge is 2.50. The third kappa shape index (κ3) is 4.58. The Morgan fingerprint density at radius 3 is 2.39 bits per heavy atom. The SMILES string of the molecule is C=C1CCCC/C1=C/C=C1\CCC[C@@]2(C)C1CC[C@@H]2[C@H](C)/C=C/[C@H](C)C(C)C. The quantitative estimate of drug-likeness (QED) is 0.418. The number of hydrogen-bond acceptors (Lipinski definition) is 0. The molecule has 0 bridgehead atoms. The van der Waals surface area contributed by atoms with Gasteiger partial charge in [-0.25, -0.2) is 0 Å². The first-order valence-electron chi connectivity index (χ1n) is 12.1. The molecule has 0 N–H and O–H groups in total. The predicted molar refractivity (Wildman–Crippen MR) is 124 cm³/mol. The fourth-order valence-corrected chi connectivity index (χ4v) is 6.25. The van der Waals surface area contributed by atoms with E-state index >= 15 is 0 Å². The van der Waals surface area contributed by atoms with Crippen molar-refractivity contribution in [2.75, 3.05) is 0 Å². The van der Waals surface area contributed by atoms with Gasteiger partial charge in [0, 0.05) is 0 Å². The second-order valence-electron chi connectivity index (χ2n) is 10.7. The van der Waals surface area contributed by atoms with Crippen LogP contribution in [0.3, 0.4) is 0 Å². The number of fused-ring (bicyclic) bond motifs is 1. The lowest BCUT2D eigenvalue weighted by molar-refractivity contribution is 0.112. The van der Waals surface area contributed by atoms with Crippen LogP contribution in [0.4, 0.5) is 0 Å². The Bertz CT molecular complexity index is 643. The maximum Gasteiger partial charge on any atom is -0.0143 e. The average molecular weight is 381 g/mol. The van der Waals surface area contributed by atoms with Crippen molar-refractivity contribution in [1.82, 2.24) is 0 Å². The van der Waals surface area contributed by atoms with Crippen LogP contribution in [0.2, 0.25) is 0 Å². The van der Waals surface area contributed by atoms with Gasteiger partial charge in [-0.1, -0.05) is 76.6 Å². The molecule has 0 spiro atoms. The summed E-state index contributed by atoms with van der Waals surface area (Å²) in [5.74, 6) is 3.77. The van der Waals surface area contributed by atoms with Crippen LogP contribution in [-0.4, -0.2) is 0 Å². The van der Waals surface area contributed by atoms with Crippen LogP contribution in [0.1, 0.15) is 92.4 Å². The van der Waals surface area contributed by atoms with Crippen LogP contribution in [-0.2, 0) is 0 Å². The molecule has 156 valence electrons. The Morgan fingerprint density at radius 2 is 1.68 bits per heavy atom. The van der Waals surface area contributed by atoms with E-state index in [9.17, 15) is 0 Å². The van der Waals surface area contributed by atoms with Gasteiger partial charge in [-0.05, 0) is 98.4 Å². The van der Waals surface area contributed by atoms with Crippen molar-refractivity contribution < 1.29 is 0 Å². The van der Waals surface area contributed by atoms with E-state index in [4.69, 9.17) is 0 Å². The Hall–Kier alpha value is -1.04. The zero-order valence-electron chi connectivity index (χ0n) is 19.3. The minimum Gasteiger partial charge on any atom is -0.0956 e. The molecule has 3 saturated carbocycles. The highest BCUT2D eigenvalue weighted by molar-refractivity contribution is 5.35. The van der Waals surface area contributed by atoms with Crippen molar-refractivity contribution in [3.8, 4) is 0 Å². The van der Waals surface area contributed by atoms with Gasteiger partial charge in [0.05, 0.1) is 0 Å². The summed E-state index contributed by atoms with van der Waals surface area (Å²) in [7, 11) is 0. The van der Waals surface area contributed by atoms with Gasteiger partial charge in [-0.3, -0.25) is 0 Å². The predicted octanol–water partition coefficient (Wildman–Crippen LogP) is 8.67. The fourth-order valence-electron chi connectivity index (χ4n) is 6.25. The lowest BCUT2D eigenvalue weighted by Gasteiger charge is -2.44. The molecule has 0 aliphatic heterocycles. The van der Waals surface area contributed by atoms with Gasteiger partial charge in [0.15, 0.2) is 0 Å². The molecule has 0 heteroatoms. The van der Waals surface area contributed by atoms with E-state index < -0.39 is 0 Å². The molecule has 0 amide bonds. The topological polar surface area (TPSA) is 0 Å². The summed E-state index contributed by atoms with van der Waals surface area (Å²) >= 11 is 0. The van der Waals surface area contributed by atoms with Crippen molar-refractivity contribution in [3.05, 3.63) is 47.6 Å². The van der Waals surface area contributed by atoms with Crippen LogP contribution in [0, 0.1) is 35.0 Å². The van der Waals surface area contributed by atoms with E-state index in [1.165, 1.54) is 68.9 Å². The van der Waals surface area contributed by atoms with Gasteiger partial charge in [-0.2, -0.15) is 0 Å². The highest BCUT2D eigenvalue weighted by Crippen LogP contribution is 2.59. The minimum atomic E-state index is 0.497. The highest BCUT2D eigenvalue weighted by atomic mass is 14.5. The Balaban J connectivity index is 1.74. The van der Waals surface area contributed by atoms with Crippen molar-refractivity contribution in [3.63, 3.8) is 0 Å². The molecule has 3 fully saturated rings. The zero-order chi connectivity index (χ0) is 20.3. The molecular formula is C28H44. The number of hydrogen-bond donors (Lipinski definition) is 0. The first kappa shape index (κ1) is 21.7. The van der Waals surface area contributed by atoms with Crippen LogP contribution in [0.5, 0.6) is 0 Å². The Kier molecular flexibility index (Phi) is 7.11. The minimum absolute atomic E-state index is 0.497. The maximum atomic E-state index is 4.32. The van der Waals surface area contributed by atoms with Crippen molar-refractivity contribution >= 4 is 0 Å². The molecule has 0 saturated heterocycles. The van der Waals surface area contributed by atoms with Crippen molar-refractivity contribution in [1.29, 1.82) is 0 Å². The van der Waals surface area contributed by atoms with Gasteiger partial charge in [0.25, 0.3) is 0 Å². The summed E-state index contributed by atoms with van der Waals surface area (Å²) in [6, 6.07) is 0. The Labute approximate surface area is 175 Å². The van der Waals surface area contributed by atoms with Gasteiger partial charge in [0.1, 0.15) is 0 Å². The van der Waals surface area contributed by atoms with Gasteiger partial charge >= 0.3 is 0 Å². The molecule has 5 atom stereocenters. The summed E-state index contributed by atoms with van der Waals surface area (Å²) in [5.41, 5.74) is 5.16. The molecule has 3 aliphatic carbocycles. The lowest BCUT2D eigenvalue weighted by Crippen LogP contribution is -2.35. The van der Waals surface area contributed by atoms with E-state index in [1.54, 1.807) is 5.57 Å². The van der Waals surface area contributed by atoms with Gasteiger partial charge in [0.2, 0.25) is 0 Å². The molecule has 3 rings (SSSR count). The third-order valence-electron chi connectivity index (χ3n) is 8.57. The largest absolute Gasteiger partial charge is 0.0956 e. The molecule has 0 aromatic heterocycles. The molecule has 3 aliphatic rings. The lowest BCUT2D eigenvalue weighted by atomic mass is 9.61. The second-order valence-corrected chi connectivity index (χ2v) is 10.7. The first-order chi connectivity index (χ1) is 13.3. The molecular weight excluding hydrogens is 336 g/mol. The smallest absolute Gasteiger partial charge is 0.0143 e. The molecule has 0 aromatic rings. The summed E-state index contributed by atoms with van der Waals surface area (Å²) in [4.78, 5) is 0. The van der Waals surface area contributed by atoms with Crippen LogP contribution in [0.25, 0.3) is 0 Å². The normalized spacial score (nSPS) is 36.4. The summed E-state index contributed by atoms with van der Waals surface area (Å²) in [5, 5.41) is 0. The second kappa shape index (κ2) is 9.19. The zero-order valence-corrected chi connectivity index (χ0v) is 19.3. The van der Waals surface area contributed by atoms with Crippen LogP contribution < -0.4 is 0 Å². The first-order valence-corrected chi connectivity index (χ1v) is 12.1. The summed E-state index contributed by atoms with van der Waals surface area (Å²) in [6.07, 6.45) is 22.0. The molecule has 0 radical (unpaired) electrons. The van der Waals surface area contributed by atoms with Crippen molar-refractivity contribution in [2.24, 2.45) is 35.0 Å². The van der Waals surface area contributed by atoms with E-state index in [1.807, 2.05) is 0 Å². The fraction of sp³-hybridized carbons (Fsp3) is 0.714. The molecule has 1 unspecified atom stereocenters. The Morgan fingerprint density at radius 1 is 0.929 bits per heavy atom. The molecule has 28 heavy (non-hydrogen) atoms. The maximum absolute atomic E-state index is 4.32. The summed E-state index contributed by atoms with van der Waals surface area (Å²) < 4.78 is 0. The third-order valence-corrected chi connectivity index (χ3v) is 8.57. The number of allylic oxidation sites excluding steroid dienone is 7. The molecule has 0 nitrogen and oxygen atoms in total. The monoisotopic (exact) mass is 380 g/mol. The molecule has 0 aromatic carbocycles. The van der Waals surface area contributed by atoms with E-state index in [2.05, 4.69) is 65.5 Å². The standard InChI is InChI=1S/C28H44/c1-20(2)21(3)13-14-23(5)26-17-18-27-25(12-9-19-28(26,27)6)16-15-24-11-8-7-10-22(24)4/h13-16,20-21,23,26-27H,4,7-12,17-19H2,1-3,5-6H3/b14-13+,24-15-,25-16+/t21-,23+,26+,27?,28+/m0/s1. The average Bonchev–Trinajstić information content (AvgIpc) is 3.02. The molecule has 0 heterocycles. The van der Waals surface area contributed by atoms with Gasteiger partial charge < -0.3 is 0 Å². The van der Waals surface area contributed by atoms with Crippen LogP contribution >= 0.6 is 0 Å². The van der Waals surface area contributed by atoms with E-state index in [-0.39, 0.29) is 0 Å². The summed E-state index contributed by atoms with van der Waals surface area (Å²) in [6.45, 7) is 16.4. The van der Waals surface area contributed by atoms with E-state index in [0.717, 1.165) is 17.8 Å². The van der Waals surface area contributed by atoms with Gasteiger partial charge in [-0.15, -0.1) is 0 Å². The van der Waals surface area contributed by atoms with Crippen LogP contribution in [0.15, 0.2) is 47.6 Å². The van der Waals surface area contributed by atoms with E-state index in [0.29, 0.717) is 17.3 Å². The number of rotatable bonds is 5.